The Morgan fingerprint density at radius 1 is 1.12 bits per heavy atom. The van der Waals surface area contributed by atoms with Crippen molar-refractivity contribution in [3.05, 3.63) is 68.8 Å². The molecule has 0 spiro atoms. The summed E-state index contributed by atoms with van der Waals surface area (Å²) in [6, 6.07) is 14.1. The molecule has 2 N–H and O–H groups in total. The van der Waals surface area contributed by atoms with Crippen LogP contribution in [0, 0.1) is 0 Å². The molecule has 7 heteroatoms. The van der Waals surface area contributed by atoms with Crippen LogP contribution in [0.15, 0.2) is 53.3 Å². The van der Waals surface area contributed by atoms with Crippen LogP contribution < -0.4 is 11.3 Å². The van der Waals surface area contributed by atoms with Gasteiger partial charge >= 0.3 is 5.97 Å². The first-order chi connectivity index (χ1) is 12.5. The molecule has 0 saturated heterocycles. The number of nitrogens with zero attached hydrogens (tertiary/aromatic N) is 1. The van der Waals surface area contributed by atoms with Crippen molar-refractivity contribution < 1.29 is 9.53 Å². The lowest BCUT2D eigenvalue weighted by Gasteiger charge is -2.10. The Kier molecular flexibility index (Phi) is 3.94. The zero-order chi connectivity index (χ0) is 18.4. The number of pyridine rings is 1. The average Bonchev–Trinajstić information content (AvgIpc) is 3.00. The Bertz CT molecular complexity index is 1230. The normalized spacial score (nSPS) is 11.2. The Balaban J connectivity index is 2.22. The minimum Gasteiger partial charge on any atom is -0.465 e. The summed E-state index contributed by atoms with van der Waals surface area (Å²) in [5.74, 6) is -0.525. The number of carbonyl (C=O) groups is 1. The number of thiophene rings is 1. The first-order valence-corrected chi connectivity index (χ1v) is 8.92. The number of fused-ring (bicyclic) bond motifs is 3. The number of hydrogen-bond acceptors (Lipinski definition) is 5. The molecule has 0 bridgehead atoms. The summed E-state index contributed by atoms with van der Waals surface area (Å²) in [5, 5.41) is 2.47. The lowest BCUT2D eigenvalue weighted by atomic mass is 10.1. The number of esters is 1. The molecule has 0 radical (unpaired) electrons. The molecule has 0 fully saturated rings. The molecule has 5 nitrogen and oxygen atoms in total. The van der Waals surface area contributed by atoms with Crippen LogP contribution >= 0.6 is 22.9 Å². The molecular formula is C19H13ClN2O3S. The number of halogens is 1. The highest BCUT2D eigenvalue weighted by molar-refractivity contribution is 7.21. The van der Waals surface area contributed by atoms with Crippen molar-refractivity contribution in [2.45, 2.75) is 0 Å². The van der Waals surface area contributed by atoms with Crippen LogP contribution in [0.3, 0.4) is 0 Å². The van der Waals surface area contributed by atoms with Gasteiger partial charge in [0.15, 0.2) is 0 Å². The number of nitrogens with two attached hydrogens (primary N) is 1. The van der Waals surface area contributed by atoms with E-state index < -0.39 is 5.97 Å². The fourth-order valence-corrected chi connectivity index (χ4v) is 4.32. The monoisotopic (exact) mass is 384 g/mol. The molecule has 0 aliphatic rings. The first kappa shape index (κ1) is 16.6. The fraction of sp³-hybridized carbons (Fsp3) is 0.0526. The summed E-state index contributed by atoms with van der Waals surface area (Å²) in [5.41, 5.74) is 7.05. The van der Waals surface area contributed by atoms with Gasteiger partial charge < -0.3 is 10.5 Å². The van der Waals surface area contributed by atoms with E-state index in [4.69, 9.17) is 22.1 Å². The third-order valence-corrected chi connectivity index (χ3v) is 5.64. The van der Waals surface area contributed by atoms with Gasteiger partial charge in [-0.3, -0.25) is 9.36 Å². The quantitative estimate of drug-likeness (QED) is 0.525. The number of hydrogen-bond donors (Lipinski definition) is 1. The van der Waals surface area contributed by atoms with E-state index >= 15 is 0 Å². The Morgan fingerprint density at radius 2 is 1.77 bits per heavy atom. The van der Waals surface area contributed by atoms with Gasteiger partial charge in [-0.2, -0.15) is 0 Å². The lowest BCUT2D eigenvalue weighted by molar-refractivity contribution is 0.0607. The number of anilines is 1. The van der Waals surface area contributed by atoms with Gasteiger partial charge in [-0.15, -0.1) is 11.3 Å². The second-order valence-corrected chi connectivity index (χ2v) is 7.11. The summed E-state index contributed by atoms with van der Waals surface area (Å²) in [6.45, 7) is 0. The molecule has 0 unspecified atom stereocenters. The van der Waals surface area contributed by atoms with Crippen LogP contribution in [0.2, 0.25) is 5.02 Å². The number of nitrogen functional groups attached to an aromatic ring is 1. The predicted molar refractivity (Wildman–Crippen MR) is 106 cm³/mol. The van der Waals surface area contributed by atoms with Gasteiger partial charge in [0.2, 0.25) is 0 Å². The van der Waals surface area contributed by atoms with Crippen LogP contribution in [0.4, 0.5) is 5.69 Å². The topological polar surface area (TPSA) is 74.3 Å². The number of benzene rings is 2. The summed E-state index contributed by atoms with van der Waals surface area (Å²) in [7, 11) is 1.30. The van der Waals surface area contributed by atoms with E-state index in [1.54, 1.807) is 41.0 Å². The standard InChI is InChI=1S/C19H13ClN2O3S/c1-25-19(24)16-15(21)14-12-4-2-3-5-13(12)17(23)22(18(14)26-16)11-8-6-10(20)7-9-11/h2-9H,21H2,1H3. The van der Waals surface area contributed by atoms with E-state index in [9.17, 15) is 9.59 Å². The highest BCUT2D eigenvalue weighted by Crippen LogP contribution is 2.38. The second kappa shape index (κ2) is 6.16. The van der Waals surface area contributed by atoms with E-state index in [-0.39, 0.29) is 10.4 Å². The molecule has 0 aliphatic heterocycles. The van der Waals surface area contributed by atoms with Gasteiger partial charge in [0.25, 0.3) is 5.56 Å². The molecule has 4 aromatic rings. The van der Waals surface area contributed by atoms with Crippen LogP contribution in [-0.4, -0.2) is 17.6 Å². The van der Waals surface area contributed by atoms with E-state index in [2.05, 4.69) is 0 Å². The molecule has 4 rings (SSSR count). The van der Waals surface area contributed by atoms with Crippen molar-refractivity contribution >= 4 is 55.6 Å². The summed E-state index contributed by atoms with van der Waals surface area (Å²) < 4.78 is 6.39. The third kappa shape index (κ3) is 2.38. The van der Waals surface area contributed by atoms with Crippen molar-refractivity contribution in [1.82, 2.24) is 4.57 Å². The maximum Gasteiger partial charge on any atom is 0.350 e. The van der Waals surface area contributed by atoms with Crippen molar-refractivity contribution in [2.24, 2.45) is 0 Å². The average molecular weight is 385 g/mol. The third-order valence-electron chi connectivity index (χ3n) is 4.22. The SMILES string of the molecule is COC(=O)c1sc2c(c1N)c1ccccc1c(=O)n2-c1ccc(Cl)cc1. The number of methoxy groups -OCH3 is 1. The Labute approximate surface area is 157 Å². The zero-order valence-electron chi connectivity index (χ0n) is 13.7. The largest absolute Gasteiger partial charge is 0.465 e. The van der Waals surface area contributed by atoms with Crippen molar-refractivity contribution in [2.75, 3.05) is 12.8 Å². The van der Waals surface area contributed by atoms with Gasteiger partial charge in [-0.1, -0.05) is 29.8 Å². The number of ether oxygens (including phenoxy) is 1. The van der Waals surface area contributed by atoms with Gasteiger partial charge in [-0.05, 0) is 35.7 Å². The smallest absolute Gasteiger partial charge is 0.350 e. The van der Waals surface area contributed by atoms with E-state index in [0.717, 1.165) is 11.3 Å². The molecule has 0 amide bonds. The molecule has 2 aromatic heterocycles. The van der Waals surface area contributed by atoms with Gasteiger partial charge in [0.05, 0.1) is 18.5 Å². The number of rotatable bonds is 2. The van der Waals surface area contributed by atoms with Crippen molar-refractivity contribution in [3.63, 3.8) is 0 Å². The number of carbonyl (C=O) groups excluding carboxylic acids is 1. The van der Waals surface area contributed by atoms with Gasteiger partial charge in [0.1, 0.15) is 9.71 Å². The summed E-state index contributed by atoms with van der Waals surface area (Å²) in [4.78, 5) is 26.2. The highest BCUT2D eigenvalue weighted by Gasteiger charge is 2.23. The second-order valence-electron chi connectivity index (χ2n) is 5.68. The van der Waals surface area contributed by atoms with Crippen molar-refractivity contribution in [3.8, 4) is 5.69 Å². The minimum atomic E-state index is -0.525. The predicted octanol–water partition coefficient (Wildman–Crippen LogP) is 4.23. The minimum absolute atomic E-state index is 0.187. The van der Waals surface area contributed by atoms with Gasteiger partial charge in [-0.25, -0.2) is 4.79 Å². The summed E-state index contributed by atoms with van der Waals surface area (Å²) >= 11 is 7.12. The van der Waals surface area contributed by atoms with Crippen molar-refractivity contribution in [1.29, 1.82) is 0 Å². The molecule has 0 atom stereocenters. The maximum absolute atomic E-state index is 13.2. The maximum atomic E-state index is 13.2. The molecule has 2 heterocycles. The van der Waals surface area contributed by atoms with Crippen LogP contribution in [0.25, 0.3) is 26.7 Å². The number of aromatic nitrogens is 1. The van der Waals surface area contributed by atoms with Crippen LogP contribution in [0.5, 0.6) is 0 Å². The molecule has 2 aromatic carbocycles. The molecule has 26 heavy (non-hydrogen) atoms. The van der Waals surface area contributed by atoms with E-state index in [1.807, 2.05) is 12.1 Å². The molecule has 0 aliphatic carbocycles. The highest BCUT2D eigenvalue weighted by atomic mass is 35.5. The van der Waals surface area contributed by atoms with Crippen LogP contribution in [0.1, 0.15) is 9.67 Å². The molecule has 130 valence electrons. The first-order valence-electron chi connectivity index (χ1n) is 7.73. The lowest BCUT2D eigenvalue weighted by Crippen LogP contribution is -2.18. The summed E-state index contributed by atoms with van der Waals surface area (Å²) in [6.07, 6.45) is 0. The van der Waals surface area contributed by atoms with E-state index in [0.29, 0.717) is 37.4 Å². The zero-order valence-corrected chi connectivity index (χ0v) is 15.2. The molecular weight excluding hydrogens is 372 g/mol. The van der Waals surface area contributed by atoms with Crippen LogP contribution in [-0.2, 0) is 4.74 Å². The fourth-order valence-electron chi connectivity index (χ4n) is 3.02. The van der Waals surface area contributed by atoms with E-state index in [1.165, 1.54) is 7.11 Å². The van der Waals surface area contributed by atoms with Gasteiger partial charge in [0, 0.05) is 15.8 Å². The Morgan fingerprint density at radius 3 is 2.42 bits per heavy atom. The Hall–Kier alpha value is -2.83. The molecule has 0 saturated carbocycles.